The van der Waals surface area contributed by atoms with Crippen LogP contribution < -0.4 is 20.7 Å². The van der Waals surface area contributed by atoms with Crippen LogP contribution in [0.5, 0.6) is 0 Å². The second-order valence-electron chi connectivity index (χ2n) is 14.5. The van der Waals surface area contributed by atoms with E-state index in [-0.39, 0.29) is 0 Å². The summed E-state index contributed by atoms with van der Waals surface area (Å²) in [6.07, 6.45) is 0. The standard InChI is InChI=1S/C53H36N4Si/c54-37-38-32-33-52-47(34-38)45-28-13-15-30-50(45)57(52)51-31-16-14-29-46(51)49-36-48(39-18-5-1-6-19-39)55-53(56-49)40-20-17-27-44(35-40)58(41-21-7-2-8-22-41,42-23-9-3-10-24-42)43-25-11-4-12-26-43/h1-36H. The summed E-state index contributed by atoms with van der Waals surface area (Å²) in [5.41, 5.74) is 8.35. The van der Waals surface area contributed by atoms with Gasteiger partial charge in [0.05, 0.1) is 39.7 Å². The van der Waals surface area contributed by atoms with E-state index >= 15 is 0 Å². The molecule has 272 valence electrons. The van der Waals surface area contributed by atoms with Crippen molar-refractivity contribution < 1.29 is 0 Å². The molecule has 5 heteroatoms. The Morgan fingerprint density at radius 3 is 1.62 bits per heavy atom. The Bertz CT molecular complexity index is 3020. The molecule has 2 heterocycles. The average molecular weight is 757 g/mol. The van der Waals surface area contributed by atoms with Gasteiger partial charge in [-0.05, 0) is 57.1 Å². The molecule has 0 N–H and O–H groups in total. The van der Waals surface area contributed by atoms with Crippen LogP contribution in [-0.2, 0) is 0 Å². The first-order chi connectivity index (χ1) is 28.7. The van der Waals surface area contributed by atoms with Gasteiger partial charge in [0.2, 0.25) is 0 Å². The Morgan fingerprint density at radius 1 is 0.414 bits per heavy atom. The summed E-state index contributed by atoms with van der Waals surface area (Å²) >= 11 is 0. The summed E-state index contributed by atoms with van der Waals surface area (Å²) in [4.78, 5) is 10.8. The third-order valence-electron chi connectivity index (χ3n) is 11.2. The van der Waals surface area contributed by atoms with Gasteiger partial charge in [0.25, 0.3) is 0 Å². The van der Waals surface area contributed by atoms with Crippen LogP contribution in [0.4, 0.5) is 0 Å². The van der Waals surface area contributed by atoms with Gasteiger partial charge in [0, 0.05) is 27.5 Å². The number of hydrogen-bond acceptors (Lipinski definition) is 3. The fourth-order valence-corrected chi connectivity index (χ4v) is 13.4. The zero-order valence-corrected chi connectivity index (χ0v) is 32.6. The number of nitriles is 1. The lowest BCUT2D eigenvalue weighted by Crippen LogP contribution is -2.74. The van der Waals surface area contributed by atoms with E-state index in [0.29, 0.717) is 11.4 Å². The second-order valence-corrected chi connectivity index (χ2v) is 18.3. The SMILES string of the molecule is N#Cc1ccc2c(c1)c1ccccc1n2-c1ccccc1-c1cc(-c2ccccc2)nc(-c2cccc([Si](c3ccccc3)(c3ccccc3)c3ccccc3)c2)n1. The predicted octanol–water partition coefficient (Wildman–Crippen LogP) is 9.82. The van der Waals surface area contributed by atoms with Crippen molar-refractivity contribution in [3.8, 4) is 45.7 Å². The lowest BCUT2D eigenvalue weighted by Gasteiger charge is -2.34. The molecule has 0 saturated heterocycles. The molecule has 0 radical (unpaired) electrons. The average Bonchev–Trinajstić information content (AvgIpc) is 3.64. The molecule has 10 aromatic rings. The van der Waals surface area contributed by atoms with Crippen LogP contribution in [0.2, 0.25) is 0 Å². The highest BCUT2D eigenvalue weighted by Crippen LogP contribution is 2.37. The summed E-state index contributed by atoms with van der Waals surface area (Å²) in [6, 6.07) is 79.5. The highest BCUT2D eigenvalue weighted by molar-refractivity contribution is 7.19. The van der Waals surface area contributed by atoms with Crippen LogP contribution in [0.15, 0.2) is 218 Å². The monoisotopic (exact) mass is 756 g/mol. The van der Waals surface area contributed by atoms with Crippen LogP contribution in [0.25, 0.3) is 61.4 Å². The molecule has 8 aromatic carbocycles. The van der Waals surface area contributed by atoms with Crippen molar-refractivity contribution in [2.75, 3.05) is 0 Å². The molecule has 0 unspecified atom stereocenters. The van der Waals surface area contributed by atoms with E-state index in [1.54, 1.807) is 0 Å². The van der Waals surface area contributed by atoms with Crippen LogP contribution in [-0.4, -0.2) is 22.6 Å². The number of hydrogen-bond donors (Lipinski definition) is 0. The quantitative estimate of drug-likeness (QED) is 0.115. The Kier molecular flexibility index (Phi) is 8.87. The summed E-state index contributed by atoms with van der Waals surface area (Å²) in [7, 11) is -2.80. The minimum atomic E-state index is -2.80. The summed E-state index contributed by atoms with van der Waals surface area (Å²) < 4.78 is 2.30. The third-order valence-corrected chi connectivity index (χ3v) is 16.0. The molecule has 10 rings (SSSR count). The molecule has 0 aliphatic carbocycles. The van der Waals surface area contributed by atoms with E-state index in [1.165, 1.54) is 20.7 Å². The first-order valence-corrected chi connectivity index (χ1v) is 21.5. The molecular weight excluding hydrogens is 721 g/mol. The van der Waals surface area contributed by atoms with Crippen molar-refractivity contribution >= 4 is 50.6 Å². The van der Waals surface area contributed by atoms with E-state index < -0.39 is 8.07 Å². The molecule has 4 nitrogen and oxygen atoms in total. The van der Waals surface area contributed by atoms with E-state index in [4.69, 9.17) is 9.97 Å². The highest BCUT2D eigenvalue weighted by atomic mass is 28.3. The number of rotatable bonds is 8. The Morgan fingerprint density at radius 2 is 0.948 bits per heavy atom. The third kappa shape index (κ3) is 5.92. The predicted molar refractivity (Wildman–Crippen MR) is 241 cm³/mol. The molecular formula is C53H36N4Si. The Balaban J connectivity index is 1.22. The largest absolute Gasteiger partial charge is 0.309 e. The lowest BCUT2D eigenvalue weighted by atomic mass is 10.0. The second kappa shape index (κ2) is 14.8. The molecule has 0 aliphatic rings. The fourth-order valence-electron chi connectivity index (χ4n) is 8.61. The highest BCUT2D eigenvalue weighted by Gasteiger charge is 2.41. The topological polar surface area (TPSA) is 54.5 Å². The van der Waals surface area contributed by atoms with Gasteiger partial charge in [-0.2, -0.15) is 5.26 Å². The van der Waals surface area contributed by atoms with Gasteiger partial charge in [0.1, 0.15) is 0 Å². The fraction of sp³-hybridized carbons (Fsp3) is 0. The molecule has 0 fully saturated rings. The van der Waals surface area contributed by atoms with Gasteiger partial charge in [-0.15, -0.1) is 0 Å². The number of nitrogens with zero attached hydrogens (tertiary/aromatic N) is 4. The minimum Gasteiger partial charge on any atom is -0.309 e. The van der Waals surface area contributed by atoms with Gasteiger partial charge in [-0.25, -0.2) is 9.97 Å². The zero-order chi connectivity index (χ0) is 38.9. The molecule has 2 aromatic heterocycles. The van der Waals surface area contributed by atoms with Gasteiger partial charge in [0.15, 0.2) is 13.9 Å². The van der Waals surface area contributed by atoms with E-state index in [9.17, 15) is 5.26 Å². The summed E-state index contributed by atoms with van der Waals surface area (Å²) in [5, 5.41) is 17.1. The van der Waals surface area contributed by atoms with Gasteiger partial charge in [-0.3, -0.25) is 0 Å². The molecule has 0 spiro atoms. The van der Waals surface area contributed by atoms with Gasteiger partial charge >= 0.3 is 0 Å². The summed E-state index contributed by atoms with van der Waals surface area (Å²) in [6.45, 7) is 0. The minimum absolute atomic E-state index is 0.637. The zero-order valence-electron chi connectivity index (χ0n) is 31.6. The van der Waals surface area contributed by atoms with Crippen LogP contribution in [0.3, 0.4) is 0 Å². The smallest absolute Gasteiger partial charge is 0.179 e. The van der Waals surface area contributed by atoms with Crippen LogP contribution in [0, 0.1) is 11.3 Å². The maximum Gasteiger partial charge on any atom is 0.179 e. The molecule has 0 bridgehead atoms. The molecule has 0 saturated carbocycles. The first kappa shape index (κ1) is 34.8. The molecule has 58 heavy (non-hydrogen) atoms. The number of benzene rings is 8. The van der Waals surface area contributed by atoms with Crippen molar-refractivity contribution in [3.63, 3.8) is 0 Å². The van der Waals surface area contributed by atoms with Crippen molar-refractivity contribution in [1.29, 1.82) is 5.26 Å². The molecule has 0 amide bonds. The normalized spacial score (nSPS) is 11.4. The lowest BCUT2D eigenvalue weighted by molar-refractivity contribution is 1.15. The molecule has 0 aliphatic heterocycles. The van der Waals surface area contributed by atoms with Crippen LogP contribution in [0.1, 0.15) is 5.56 Å². The van der Waals surface area contributed by atoms with E-state index in [1.807, 2.05) is 18.2 Å². The molecule has 0 atom stereocenters. The van der Waals surface area contributed by atoms with Gasteiger partial charge < -0.3 is 4.57 Å². The van der Waals surface area contributed by atoms with Crippen LogP contribution >= 0.6 is 0 Å². The number of aromatic nitrogens is 3. The van der Waals surface area contributed by atoms with E-state index in [0.717, 1.165) is 55.6 Å². The number of para-hydroxylation sites is 2. The number of fused-ring (bicyclic) bond motifs is 3. The Hall–Kier alpha value is -7.65. The Labute approximate surface area is 338 Å². The van der Waals surface area contributed by atoms with Crippen molar-refractivity contribution in [3.05, 3.63) is 224 Å². The summed E-state index contributed by atoms with van der Waals surface area (Å²) in [5.74, 6) is 0.658. The van der Waals surface area contributed by atoms with Gasteiger partial charge in [-0.1, -0.05) is 182 Å². The van der Waals surface area contributed by atoms with Crippen molar-refractivity contribution in [2.24, 2.45) is 0 Å². The van der Waals surface area contributed by atoms with Crippen molar-refractivity contribution in [1.82, 2.24) is 14.5 Å². The maximum absolute atomic E-state index is 9.79. The first-order valence-electron chi connectivity index (χ1n) is 19.5. The van der Waals surface area contributed by atoms with E-state index in [2.05, 4.69) is 211 Å². The maximum atomic E-state index is 9.79. The van der Waals surface area contributed by atoms with Crippen molar-refractivity contribution in [2.45, 2.75) is 0 Å².